The highest BCUT2D eigenvalue weighted by Gasteiger charge is 2.14. The molecule has 1 aromatic rings. The molecule has 104 valence electrons. The second-order valence-electron chi connectivity index (χ2n) is 5.32. The molecule has 0 atom stereocenters. The van der Waals surface area contributed by atoms with Crippen molar-refractivity contribution >= 4 is 23.3 Å². The van der Waals surface area contributed by atoms with Gasteiger partial charge in [0.15, 0.2) is 0 Å². The van der Waals surface area contributed by atoms with E-state index in [9.17, 15) is 4.79 Å². The Morgan fingerprint density at radius 1 is 1.32 bits per heavy atom. The fraction of sp³-hybridized carbons (Fsp3) is 0.533. The van der Waals surface area contributed by atoms with E-state index in [0.717, 1.165) is 12.1 Å². The van der Waals surface area contributed by atoms with E-state index in [-0.39, 0.29) is 6.03 Å². The molecule has 1 aliphatic rings. The van der Waals surface area contributed by atoms with Crippen LogP contribution in [-0.4, -0.2) is 12.6 Å². The maximum Gasteiger partial charge on any atom is 0.319 e. The fourth-order valence-corrected chi connectivity index (χ4v) is 2.80. The monoisotopic (exact) mass is 280 g/mol. The Morgan fingerprint density at radius 3 is 2.74 bits per heavy atom. The molecule has 1 saturated carbocycles. The minimum atomic E-state index is -0.170. The molecule has 0 unspecified atom stereocenters. The molecule has 1 fully saturated rings. The first-order valence-corrected chi connectivity index (χ1v) is 7.34. The molecule has 2 N–H and O–H groups in total. The largest absolute Gasteiger partial charge is 0.338 e. The first-order valence-electron chi connectivity index (χ1n) is 6.96. The van der Waals surface area contributed by atoms with Crippen molar-refractivity contribution in [3.05, 3.63) is 28.8 Å². The highest BCUT2D eigenvalue weighted by molar-refractivity contribution is 6.33. The number of urea groups is 1. The Kier molecular flexibility index (Phi) is 5.08. The fourth-order valence-electron chi connectivity index (χ4n) is 2.52. The number of aryl methyl sites for hydroxylation is 1. The maximum absolute atomic E-state index is 11.8. The van der Waals surface area contributed by atoms with Crippen LogP contribution < -0.4 is 10.6 Å². The van der Waals surface area contributed by atoms with E-state index in [0.29, 0.717) is 16.6 Å². The maximum atomic E-state index is 11.8. The highest BCUT2D eigenvalue weighted by Crippen LogP contribution is 2.24. The summed E-state index contributed by atoms with van der Waals surface area (Å²) in [6.45, 7) is 2.73. The molecule has 1 aliphatic carbocycles. The zero-order valence-corrected chi connectivity index (χ0v) is 12.1. The molecule has 0 saturated heterocycles. The van der Waals surface area contributed by atoms with Crippen LogP contribution in [0.2, 0.25) is 5.02 Å². The first-order chi connectivity index (χ1) is 9.15. The number of carbonyl (C=O) groups excluding carboxylic acids is 1. The van der Waals surface area contributed by atoms with Crippen molar-refractivity contribution in [2.24, 2.45) is 5.92 Å². The van der Waals surface area contributed by atoms with Gasteiger partial charge in [0.25, 0.3) is 0 Å². The van der Waals surface area contributed by atoms with Crippen LogP contribution in [0, 0.1) is 12.8 Å². The van der Waals surface area contributed by atoms with Crippen LogP contribution in [0.3, 0.4) is 0 Å². The van der Waals surface area contributed by atoms with E-state index in [1.54, 1.807) is 0 Å². The molecular weight excluding hydrogens is 260 g/mol. The summed E-state index contributed by atoms with van der Waals surface area (Å²) >= 11 is 6.08. The Hall–Kier alpha value is -1.22. The SMILES string of the molecule is Cc1ccc(NC(=O)NCC2CCCCC2)c(Cl)c1. The topological polar surface area (TPSA) is 41.1 Å². The molecule has 0 aliphatic heterocycles. The smallest absolute Gasteiger partial charge is 0.319 e. The summed E-state index contributed by atoms with van der Waals surface area (Å²) in [4.78, 5) is 11.8. The van der Waals surface area contributed by atoms with Crippen LogP contribution in [-0.2, 0) is 0 Å². The predicted octanol–water partition coefficient (Wildman–Crippen LogP) is 4.35. The Labute approximate surface area is 119 Å². The predicted molar refractivity (Wildman–Crippen MR) is 79.8 cm³/mol. The van der Waals surface area contributed by atoms with Gasteiger partial charge in [-0.3, -0.25) is 0 Å². The third-order valence-electron chi connectivity index (χ3n) is 3.65. The van der Waals surface area contributed by atoms with Crippen molar-refractivity contribution in [1.82, 2.24) is 5.32 Å². The number of hydrogen-bond donors (Lipinski definition) is 2. The van der Waals surface area contributed by atoms with Crippen LogP contribution in [0.1, 0.15) is 37.7 Å². The van der Waals surface area contributed by atoms with Crippen molar-refractivity contribution in [1.29, 1.82) is 0 Å². The van der Waals surface area contributed by atoms with E-state index < -0.39 is 0 Å². The van der Waals surface area contributed by atoms with Gasteiger partial charge in [0.05, 0.1) is 10.7 Å². The van der Waals surface area contributed by atoms with Gasteiger partial charge in [0.2, 0.25) is 0 Å². The number of rotatable bonds is 3. The molecule has 0 heterocycles. The Balaban J connectivity index is 1.80. The molecule has 0 spiro atoms. The zero-order chi connectivity index (χ0) is 13.7. The van der Waals surface area contributed by atoms with E-state index in [1.165, 1.54) is 32.1 Å². The minimum absolute atomic E-state index is 0.170. The normalized spacial score (nSPS) is 16.1. The van der Waals surface area contributed by atoms with Crippen molar-refractivity contribution in [3.8, 4) is 0 Å². The van der Waals surface area contributed by atoms with Crippen molar-refractivity contribution in [3.63, 3.8) is 0 Å². The second-order valence-corrected chi connectivity index (χ2v) is 5.73. The molecule has 0 radical (unpaired) electrons. The van der Waals surface area contributed by atoms with Crippen molar-refractivity contribution < 1.29 is 4.79 Å². The lowest BCUT2D eigenvalue weighted by atomic mass is 9.89. The summed E-state index contributed by atoms with van der Waals surface area (Å²) in [6, 6.07) is 5.44. The lowest BCUT2D eigenvalue weighted by molar-refractivity contribution is 0.247. The van der Waals surface area contributed by atoms with E-state index >= 15 is 0 Å². The molecule has 1 aromatic carbocycles. The van der Waals surface area contributed by atoms with Crippen LogP contribution in [0.15, 0.2) is 18.2 Å². The van der Waals surface area contributed by atoms with Gasteiger partial charge in [-0.1, -0.05) is 36.9 Å². The Morgan fingerprint density at radius 2 is 2.05 bits per heavy atom. The lowest BCUT2D eigenvalue weighted by Gasteiger charge is -2.21. The van der Waals surface area contributed by atoms with E-state index in [4.69, 9.17) is 11.6 Å². The first kappa shape index (κ1) is 14.2. The summed E-state index contributed by atoms with van der Waals surface area (Å²) in [5.41, 5.74) is 1.74. The number of carbonyl (C=O) groups is 1. The number of anilines is 1. The summed E-state index contributed by atoms with van der Waals surface area (Å²) in [5, 5.41) is 6.31. The van der Waals surface area contributed by atoms with Crippen molar-refractivity contribution in [2.45, 2.75) is 39.0 Å². The van der Waals surface area contributed by atoms with Crippen LogP contribution >= 0.6 is 11.6 Å². The third kappa shape index (κ3) is 4.43. The van der Waals surface area contributed by atoms with Gasteiger partial charge < -0.3 is 10.6 Å². The van der Waals surface area contributed by atoms with E-state index in [1.807, 2.05) is 25.1 Å². The zero-order valence-electron chi connectivity index (χ0n) is 11.3. The molecule has 2 amide bonds. The van der Waals surface area contributed by atoms with Gasteiger partial charge in [0, 0.05) is 6.54 Å². The van der Waals surface area contributed by atoms with Gasteiger partial charge in [-0.05, 0) is 43.4 Å². The number of amides is 2. The van der Waals surface area contributed by atoms with Gasteiger partial charge in [-0.25, -0.2) is 4.79 Å². The summed E-state index contributed by atoms with van der Waals surface area (Å²) in [5.74, 6) is 0.632. The lowest BCUT2D eigenvalue weighted by Crippen LogP contribution is -2.33. The Bertz CT molecular complexity index is 442. The minimum Gasteiger partial charge on any atom is -0.338 e. The number of benzene rings is 1. The molecule has 4 heteroatoms. The quantitative estimate of drug-likeness (QED) is 0.849. The molecule has 2 rings (SSSR count). The summed E-state index contributed by atoms with van der Waals surface area (Å²) in [7, 11) is 0. The van der Waals surface area contributed by atoms with Crippen LogP contribution in [0.25, 0.3) is 0 Å². The number of nitrogens with one attached hydrogen (secondary N) is 2. The average molecular weight is 281 g/mol. The van der Waals surface area contributed by atoms with Gasteiger partial charge in [-0.15, -0.1) is 0 Å². The van der Waals surface area contributed by atoms with Crippen LogP contribution in [0.4, 0.5) is 10.5 Å². The highest BCUT2D eigenvalue weighted by atomic mass is 35.5. The standard InChI is InChI=1S/C15H21ClN2O/c1-11-7-8-14(13(16)9-11)18-15(19)17-10-12-5-3-2-4-6-12/h7-9,12H,2-6,10H2,1H3,(H2,17,18,19). The summed E-state index contributed by atoms with van der Waals surface area (Å²) < 4.78 is 0. The van der Waals surface area contributed by atoms with Gasteiger partial charge in [0.1, 0.15) is 0 Å². The van der Waals surface area contributed by atoms with Gasteiger partial charge >= 0.3 is 6.03 Å². The molecule has 0 bridgehead atoms. The molecular formula is C15H21ClN2O. The molecule has 3 nitrogen and oxygen atoms in total. The summed E-state index contributed by atoms with van der Waals surface area (Å²) in [6.07, 6.45) is 6.37. The average Bonchev–Trinajstić information content (AvgIpc) is 2.41. The number of hydrogen-bond acceptors (Lipinski definition) is 1. The van der Waals surface area contributed by atoms with Gasteiger partial charge in [-0.2, -0.15) is 0 Å². The third-order valence-corrected chi connectivity index (χ3v) is 3.96. The van der Waals surface area contributed by atoms with E-state index in [2.05, 4.69) is 10.6 Å². The molecule has 19 heavy (non-hydrogen) atoms. The van der Waals surface area contributed by atoms with Crippen LogP contribution in [0.5, 0.6) is 0 Å². The molecule has 0 aromatic heterocycles. The second kappa shape index (κ2) is 6.80. The number of halogens is 1. The van der Waals surface area contributed by atoms with Crippen molar-refractivity contribution in [2.75, 3.05) is 11.9 Å².